The van der Waals surface area contributed by atoms with Crippen molar-refractivity contribution in [2.24, 2.45) is 5.92 Å². The lowest BCUT2D eigenvalue weighted by molar-refractivity contribution is 0.117. The predicted octanol–water partition coefficient (Wildman–Crippen LogP) is 1.92. The SMILES string of the molecule is CCN(CC)CCC(O)NC(=O)NCCC1CCCC1. The first kappa shape index (κ1) is 17.2. The van der Waals surface area contributed by atoms with Gasteiger partial charge in [-0.1, -0.05) is 39.5 Å². The molecule has 0 radical (unpaired) electrons. The first-order valence-corrected chi connectivity index (χ1v) is 8.10. The highest BCUT2D eigenvalue weighted by Crippen LogP contribution is 2.26. The van der Waals surface area contributed by atoms with Crippen LogP contribution in [0.2, 0.25) is 0 Å². The van der Waals surface area contributed by atoms with E-state index in [1.165, 1.54) is 25.7 Å². The van der Waals surface area contributed by atoms with Crippen LogP contribution >= 0.6 is 0 Å². The monoisotopic (exact) mass is 285 g/mol. The maximum atomic E-state index is 11.6. The number of urea groups is 1. The summed E-state index contributed by atoms with van der Waals surface area (Å²) in [4.78, 5) is 13.8. The minimum Gasteiger partial charge on any atom is -0.374 e. The molecule has 1 aliphatic carbocycles. The fourth-order valence-corrected chi connectivity index (χ4v) is 2.81. The van der Waals surface area contributed by atoms with Gasteiger partial charge < -0.3 is 20.6 Å². The van der Waals surface area contributed by atoms with Crippen LogP contribution in [0.4, 0.5) is 4.79 Å². The van der Waals surface area contributed by atoms with Crippen molar-refractivity contribution in [2.45, 2.75) is 58.6 Å². The van der Waals surface area contributed by atoms with Crippen molar-refractivity contribution in [3.63, 3.8) is 0 Å². The molecule has 0 saturated heterocycles. The number of hydrogen-bond donors (Lipinski definition) is 3. The van der Waals surface area contributed by atoms with Gasteiger partial charge in [-0.05, 0) is 25.4 Å². The quantitative estimate of drug-likeness (QED) is 0.567. The van der Waals surface area contributed by atoms with Crippen molar-refractivity contribution in [3.8, 4) is 0 Å². The zero-order chi connectivity index (χ0) is 14.8. The molecule has 1 unspecified atom stereocenters. The molecule has 0 heterocycles. The molecule has 118 valence electrons. The normalized spacial score (nSPS) is 17.4. The molecule has 0 bridgehead atoms. The molecule has 2 amide bonds. The van der Waals surface area contributed by atoms with Crippen molar-refractivity contribution in [1.29, 1.82) is 0 Å². The van der Waals surface area contributed by atoms with E-state index < -0.39 is 6.23 Å². The van der Waals surface area contributed by atoms with Crippen LogP contribution in [0.25, 0.3) is 0 Å². The topological polar surface area (TPSA) is 64.6 Å². The molecule has 1 atom stereocenters. The van der Waals surface area contributed by atoms with Gasteiger partial charge in [0, 0.05) is 19.5 Å². The van der Waals surface area contributed by atoms with E-state index in [1.54, 1.807) is 0 Å². The molecule has 0 aromatic heterocycles. The lowest BCUT2D eigenvalue weighted by Crippen LogP contribution is -2.44. The first-order valence-electron chi connectivity index (χ1n) is 8.10. The molecule has 1 saturated carbocycles. The third-order valence-electron chi connectivity index (χ3n) is 4.22. The van der Waals surface area contributed by atoms with Crippen LogP contribution in [0, 0.1) is 5.92 Å². The molecule has 20 heavy (non-hydrogen) atoms. The van der Waals surface area contributed by atoms with Crippen molar-refractivity contribution in [1.82, 2.24) is 15.5 Å². The van der Waals surface area contributed by atoms with E-state index in [0.29, 0.717) is 13.0 Å². The van der Waals surface area contributed by atoms with Gasteiger partial charge in [0.25, 0.3) is 0 Å². The van der Waals surface area contributed by atoms with Gasteiger partial charge in [-0.25, -0.2) is 4.79 Å². The Labute approximate surface area is 123 Å². The summed E-state index contributed by atoms with van der Waals surface area (Å²) in [7, 11) is 0. The number of hydrogen-bond acceptors (Lipinski definition) is 3. The fourth-order valence-electron chi connectivity index (χ4n) is 2.81. The third-order valence-corrected chi connectivity index (χ3v) is 4.22. The van der Waals surface area contributed by atoms with Crippen LogP contribution in [-0.2, 0) is 0 Å². The molecular formula is C15H31N3O2. The smallest absolute Gasteiger partial charge is 0.316 e. The number of aliphatic hydroxyl groups excluding tert-OH is 1. The van der Waals surface area contributed by atoms with Gasteiger partial charge >= 0.3 is 6.03 Å². The Morgan fingerprint density at radius 1 is 1.30 bits per heavy atom. The number of carbonyl (C=O) groups excluding carboxylic acids is 1. The molecule has 1 aliphatic rings. The van der Waals surface area contributed by atoms with E-state index in [0.717, 1.165) is 32.0 Å². The third kappa shape index (κ3) is 7.10. The second kappa shape index (κ2) is 10.00. The van der Waals surface area contributed by atoms with Crippen LogP contribution in [-0.4, -0.2) is 48.4 Å². The molecule has 5 nitrogen and oxygen atoms in total. The van der Waals surface area contributed by atoms with Crippen molar-refractivity contribution in [3.05, 3.63) is 0 Å². The van der Waals surface area contributed by atoms with Gasteiger partial charge in [-0.2, -0.15) is 0 Å². The maximum absolute atomic E-state index is 11.6. The van der Waals surface area contributed by atoms with E-state index >= 15 is 0 Å². The number of rotatable bonds is 9. The van der Waals surface area contributed by atoms with Gasteiger partial charge in [0.15, 0.2) is 0 Å². The Morgan fingerprint density at radius 2 is 1.95 bits per heavy atom. The van der Waals surface area contributed by atoms with E-state index in [-0.39, 0.29) is 6.03 Å². The first-order chi connectivity index (χ1) is 9.65. The van der Waals surface area contributed by atoms with Crippen molar-refractivity contribution in [2.75, 3.05) is 26.2 Å². The Bertz CT molecular complexity index is 264. The molecule has 3 N–H and O–H groups in total. The number of carbonyl (C=O) groups is 1. The molecular weight excluding hydrogens is 254 g/mol. The molecule has 1 rings (SSSR count). The summed E-state index contributed by atoms with van der Waals surface area (Å²) in [5.74, 6) is 0.780. The molecule has 5 heteroatoms. The highest BCUT2D eigenvalue weighted by Gasteiger charge is 2.15. The van der Waals surface area contributed by atoms with Crippen LogP contribution < -0.4 is 10.6 Å². The summed E-state index contributed by atoms with van der Waals surface area (Å²) >= 11 is 0. The number of aliphatic hydroxyl groups is 1. The summed E-state index contributed by atoms with van der Waals surface area (Å²) in [5, 5.41) is 15.2. The Morgan fingerprint density at radius 3 is 2.55 bits per heavy atom. The van der Waals surface area contributed by atoms with Gasteiger partial charge in [0.2, 0.25) is 0 Å². The molecule has 0 spiro atoms. The van der Waals surface area contributed by atoms with Crippen molar-refractivity contribution >= 4 is 6.03 Å². The summed E-state index contributed by atoms with van der Waals surface area (Å²) in [6.07, 6.45) is 6.14. The maximum Gasteiger partial charge on any atom is 0.316 e. The van der Waals surface area contributed by atoms with Crippen molar-refractivity contribution < 1.29 is 9.90 Å². The number of amides is 2. The van der Waals surface area contributed by atoms with Crippen LogP contribution in [0.1, 0.15) is 52.4 Å². The van der Waals surface area contributed by atoms with E-state index in [2.05, 4.69) is 29.4 Å². The number of nitrogens with one attached hydrogen (secondary N) is 2. The highest BCUT2D eigenvalue weighted by molar-refractivity contribution is 5.73. The minimum atomic E-state index is -0.762. The average molecular weight is 285 g/mol. The lowest BCUT2D eigenvalue weighted by Gasteiger charge is -2.20. The van der Waals surface area contributed by atoms with Gasteiger partial charge in [0.05, 0.1) is 0 Å². The minimum absolute atomic E-state index is 0.255. The molecule has 1 fully saturated rings. The summed E-state index contributed by atoms with van der Waals surface area (Å²) in [5.41, 5.74) is 0. The zero-order valence-electron chi connectivity index (χ0n) is 13.0. The summed E-state index contributed by atoms with van der Waals surface area (Å²) in [6.45, 7) is 7.64. The molecule has 0 aromatic carbocycles. The second-order valence-electron chi connectivity index (χ2n) is 5.67. The van der Waals surface area contributed by atoms with Gasteiger partial charge in [-0.3, -0.25) is 0 Å². The van der Waals surface area contributed by atoms with Gasteiger partial charge in [0.1, 0.15) is 6.23 Å². The summed E-state index contributed by atoms with van der Waals surface area (Å²) in [6, 6.07) is -0.255. The Hall–Kier alpha value is -0.810. The van der Waals surface area contributed by atoms with Crippen LogP contribution in [0.5, 0.6) is 0 Å². The fraction of sp³-hybridized carbons (Fsp3) is 0.933. The second-order valence-corrected chi connectivity index (χ2v) is 5.67. The van der Waals surface area contributed by atoms with E-state index in [9.17, 15) is 9.90 Å². The summed E-state index contributed by atoms with van der Waals surface area (Å²) < 4.78 is 0. The largest absolute Gasteiger partial charge is 0.374 e. The van der Waals surface area contributed by atoms with Crippen LogP contribution in [0.3, 0.4) is 0 Å². The van der Waals surface area contributed by atoms with Gasteiger partial charge in [-0.15, -0.1) is 0 Å². The Balaban J connectivity index is 2.05. The highest BCUT2D eigenvalue weighted by atomic mass is 16.3. The molecule has 0 aromatic rings. The molecule has 0 aliphatic heterocycles. The standard InChI is InChI=1S/C15H31N3O2/c1-3-18(4-2)12-10-14(19)17-15(20)16-11-9-13-7-5-6-8-13/h13-14,19H,3-12H2,1-2H3,(H2,16,17,20). The Kier molecular flexibility index (Phi) is 8.62. The van der Waals surface area contributed by atoms with Crippen LogP contribution in [0.15, 0.2) is 0 Å². The van der Waals surface area contributed by atoms with E-state index in [4.69, 9.17) is 0 Å². The average Bonchev–Trinajstić information content (AvgIpc) is 2.93. The lowest BCUT2D eigenvalue weighted by atomic mass is 10.0. The zero-order valence-corrected chi connectivity index (χ0v) is 13.0. The van der Waals surface area contributed by atoms with E-state index in [1.807, 2.05) is 0 Å². The number of nitrogens with zero attached hydrogens (tertiary/aromatic N) is 1. The predicted molar refractivity (Wildman–Crippen MR) is 81.5 cm³/mol.